The van der Waals surface area contributed by atoms with Gasteiger partial charge in [-0.3, -0.25) is 4.68 Å². The van der Waals surface area contributed by atoms with Crippen molar-refractivity contribution in [2.24, 2.45) is 0 Å². The van der Waals surface area contributed by atoms with E-state index in [9.17, 15) is 0 Å². The van der Waals surface area contributed by atoms with E-state index < -0.39 is 0 Å². The van der Waals surface area contributed by atoms with Gasteiger partial charge in [0.1, 0.15) is 0 Å². The van der Waals surface area contributed by atoms with E-state index in [4.69, 9.17) is 0 Å². The van der Waals surface area contributed by atoms with Gasteiger partial charge in [0.15, 0.2) is 0 Å². The molecule has 0 aliphatic carbocycles. The molecule has 1 rings (SSSR count). The SMILES string of the molecule is CC.CCCCc1ccnn1C(C)C. The number of rotatable bonds is 4. The molecule has 14 heavy (non-hydrogen) atoms. The number of hydrogen-bond acceptors (Lipinski definition) is 1. The summed E-state index contributed by atoms with van der Waals surface area (Å²) >= 11 is 0. The summed E-state index contributed by atoms with van der Waals surface area (Å²) in [6.45, 7) is 10.6. The monoisotopic (exact) mass is 196 g/mol. The predicted octanol–water partition coefficient (Wildman–Crippen LogP) is 3.83. The van der Waals surface area contributed by atoms with Crippen molar-refractivity contribution in [1.82, 2.24) is 9.78 Å². The van der Waals surface area contributed by atoms with Gasteiger partial charge in [0.05, 0.1) is 0 Å². The molecule has 0 saturated heterocycles. The molecule has 0 fully saturated rings. The zero-order chi connectivity index (χ0) is 11.0. The van der Waals surface area contributed by atoms with E-state index in [1.54, 1.807) is 0 Å². The Kier molecular flexibility index (Phi) is 7.17. The second kappa shape index (κ2) is 7.60. The minimum absolute atomic E-state index is 0.492. The van der Waals surface area contributed by atoms with E-state index >= 15 is 0 Å². The molecule has 1 aromatic heterocycles. The largest absolute Gasteiger partial charge is 0.267 e. The maximum atomic E-state index is 4.29. The van der Waals surface area contributed by atoms with Gasteiger partial charge in [-0.15, -0.1) is 0 Å². The summed E-state index contributed by atoms with van der Waals surface area (Å²) in [5.74, 6) is 0. The molecule has 0 radical (unpaired) electrons. The Labute approximate surface area is 88.3 Å². The smallest absolute Gasteiger partial charge is 0.0492 e. The Morgan fingerprint density at radius 3 is 2.50 bits per heavy atom. The van der Waals surface area contributed by atoms with Gasteiger partial charge in [-0.25, -0.2) is 0 Å². The summed E-state index contributed by atoms with van der Waals surface area (Å²) in [5, 5.41) is 4.29. The molecule has 1 aromatic rings. The zero-order valence-electron chi connectivity index (χ0n) is 10.2. The minimum atomic E-state index is 0.492. The van der Waals surface area contributed by atoms with Crippen molar-refractivity contribution in [3.63, 3.8) is 0 Å². The van der Waals surface area contributed by atoms with Crippen LogP contribution in [-0.2, 0) is 6.42 Å². The van der Waals surface area contributed by atoms with Crippen LogP contribution in [0, 0.1) is 0 Å². The second-order valence-corrected chi connectivity index (χ2v) is 3.46. The Balaban J connectivity index is 0.000000791. The second-order valence-electron chi connectivity index (χ2n) is 3.46. The third kappa shape index (κ3) is 3.95. The van der Waals surface area contributed by atoms with E-state index in [0.717, 1.165) is 6.42 Å². The quantitative estimate of drug-likeness (QED) is 0.715. The lowest BCUT2D eigenvalue weighted by atomic mass is 10.2. The molecule has 2 heteroatoms. The molecule has 0 spiro atoms. The molecule has 82 valence electrons. The first-order valence-electron chi connectivity index (χ1n) is 5.78. The molecule has 0 N–H and O–H groups in total. The Morgan fingerprint density at radius 2 is 2.00 bits per heavy atom. The first kappa shape index (κ1) is 13.2. The summed E-state index contributed by atoms with van der Waals surface area (Å²) in [7, 11) is 0. The maximum absolute atomic E-state index is 4.29. The number of nitrogens with zero attached hydrogens (tertiary/aromatic N) is 2. The van der Waals surface area contributed by atoms with E-state index in [0.29, 0.717) is 6.04 Å². The van der Waals surface area contributed by atoms with E-state index in [1.807, 2.05) is 20.0 Å². The van der Waals surface area contributed by atoms with Crippen molar-refractivity contribution in [3.05, 3.63) is 18.0 Å². The van der Waals surface area contributed by atoms with Gasteiger partial charge in [-0.05, 0) is 32.8 Å². The Morgan fingerprint density at radius 1 is 1.36 bits per heavy atom. The van der Waals surface area contributed by atoms with Gasteiger partial charge >= 0.3 is 0 Å². The summed E-state index contributed by atoms with van der Waals surface area (Å²) in [6.07, 6.45) is 5.57. The normalized spacial score (nSPS) is 9.86. The topological polar surface area (TPSA) is 17.8 Å². The van der Waals surface area contributed by atoms with Crippen molar-refractivity contribution in [3.8, 4) is 0 Å². The third-order valence-corrected chi connectivity index (χ3v) is 2.03. The summed E-state index contributed by atoms with van der Waals surface area (Å²) in [4.78, 5) is 0. The van der Waals surface area contributed by atoms with Gasteiger partial charge in [0.2, 0.25) is 0 Å². The molecule has 0 aliphatic rings. The molecular formula is C12H24N2. The van der Waals surface area contributed by atoms with Crippen molar-refractivity contribution >= 4 is 0 Å². The van der Waals surface area contributed by atoms with Gasteiger partial charge < -0.3 is 0 Å². The van der Waals surface area contributed by atoms with Crippen LogP contribution in [0.15, 0.2) is 12.3 Å². The molecule has 0 unspecified atom stereocenters. The van der Waals surface area contributed by atoms with Crippen LogP contribution in [0.25, 0.3) is 0 Å². The fraction of sp³-hybridized carbons (Fsp3) is 0.750. The Bertz CT molecular complexity index is 226. The number of aromatic nitrogens is 2. The first-order valence-corrected chi connectivity index (χ1v) is 5.78. The highest BCUT2D eigenvalue weighted by Gasteiger charge is 2.03. The molecule has 0 aromatic carbocycles. The first-order chi connectivity index (χ1) is 6.75. The lowest BCUT2D eigenvalue weighted by Crippen LogP contribution is -2.07. The van der Waals surface area contributed by atoms with Gasteiger partial charge in [0.25, 0.3) is 0 Å². The highest BCUT2D eigenvalue weighted by Crippen LogP contribution is 2.10. The number of unbranched alkanes of at least 4 members (excludes halogenated alkanes) is 1. The van der Waals surface area contributed by atoms with Crippen LogP contribution in [-0.4, -0.2) is 9.78 Å². The lowest BCUT2D eigenvalue weighted by Gasteiger charge is -2.09. The highest BCUT2D eigenvalue weighted by atomic mass is 15.3. The molecule has 0 bridgehead atoms. The van der Waals surface area contributed by atoms with Crippen molar-refractivity contribution in [2.45, 2.75) is 59.9 Å². The van der Waals surface area contributed by atoms with Gasteiger partial charge in [-0.2, -0.15) is 5.10 Å². The highest BCUT2D eigenvalue weighted by molar-refractivity contribution is 5.01. The molecule has 0 saturated carbocycles. The Hall–Kier alpha value is -0.790. The van der Waals surface area contributed by atoms with Crippen molar-refractivity contribution in [2.75, 3.05) is 0 Å². The molecule has 0 amide bonds. The lowest BCUT2D eigenvalue weighted by molar-refractivity contribution is 0.504. The van der Waals surface area contributed by atoms with Gasteiger partial charge in [-0.1, -0.05) is 27.2 Å². The molecule has 1 heterocycles. The third-order valence-electron chi connectivity index (χ3n) is 2.03. The van der Waals surface area contributed by atoms with Crippen LogP contribution in [0.3, 0.4) is 0 Å². The van der Waals surface area contributed by atoms with Crippen LogP contribution >= 0.6 is 0 Å². The molecule has 0 aliphatic heterocycles. The van der Waals surface area contributed by atoms with Crippen LogP contribution in [0.4, 0.5) is 0 Å². The van der Waals surface area contributed by atoms with E-state index in [-0.39, 0.29) is 0 Å². The zero-order valence-corrected chi connectivity index (χ0v) is 10.2. The van der Waals surface area contributed by atoms with Crippen LogP contribution in [0.2, 0.25) is 0 Å². The summed E-state index contributed by atoms with van der Waals surface area (Å²) < 4.78 is 2.11. The standard InChI is InChI=1S/C10H18N2.C2H6/c1-4-5-6-10-7-8-11-12(10)9(2)3;1-2/h7-9H,4-6H2,1-3H3;1-2H3. The van der Waals surface area contributed by atoms with Crippen LogP contribution < -0.4 is 0 Å². The van der Waals surface area contributed by atoms with Crippen molar-refractivity contribution in [1.29, 1.82) is 0 Å². The van der Waals surface area contributed by atoms with E-state index in [2.05, 4.69) is 36.6 Å². The fourth-order valence-electron chi connectivity index (χ4n) is 1.36. The minimum Gasteiger partial charge on any atom is -0.267 e. The summed E-state index contributed by atoms with van der Waals surface area (Å²) in [5.41, 5.74) is 1.37. The van der Waals surface area contributed by atoms with Crippen molar-refractivity contribution < 1.29 is 0 Å². The fourth-order valence-corrected chi connectivity index (χ4v) is 1.36. The van der Waals surface area contributed by atoms with Gasteiger partial charge in [0, 0.05) is 17.9 Å². The average Bonchev–Trinajstić information content (AvgIpc) is 2.66. The molecular weight excluding hydrogens is 172 g/mol. The molecule has 0 atom stereocenters. The summed E-state index contributed by atoms with van der Waals surface area (Å²) in [6, 6.07) is 2.61. The molecule has 2 nitrogen and oxygen atoms in total. The van der Waals surface area contributed by atoms with Crippen LogP contribution in [0.1, 0.15) is 59.2 Å². The number of hydrogen-bond donors (Lipinski definition) is 0. The average molecular weight is 196 g/mol. The predicted molar refractivity (Wildman–Crippen MR) is 62.6 cm³/mol. The van der Waals surface area contributed by atoms with Crippen LogP contribution in [0.5, 0.6) is 0 Å². The number of aryl methyl sites for hydroxylation is 1. The van der Waals surface area contributed by atoms with E-state index in [1.165, 1.54) is 18.5 Å². The maximum Gasteiger partial charge on any atom is 0.0492 e.